The van der Waals surface area contributed by atoms with Crippen LogP contribution in [0.4, 0.5) is 24.5 Å². The third-order valence-corrected chi connectivity index (χ3v) is 4.85. The number of hydrogen-bond acceptors (Lipinski definition) is 6. The fourth-order valence-electron chi connectivity index (χ4n) is 1.70. The van der Waals surface area contributed by atoms with Crippen molar-refractivity contribution in [1.82, 2.24) is 4.98 Å². The van der Waals surface area contributed by atoms with Crippen molar-refractivity contribution >= 4 is 40.4 Å². The molecule has 11 heteroatoms. The number of nitrogens with one attached hydrogen (secondary N) is 1. The summed E-state index contributed by atoms with van der Waals surface area (Å²) < 4.78 is 39.8. The van der Waals surface area contributed by atoms with Crippen LogP contribution in [0.1, 0.15) is 12.5 Å². The van der Waals surface area contributed by atoms with Gasteiger partial charge in [-0.3, -0.25) is 14.9 Å². The second kappa shape index (κ2) is 7.18. The van der Waals surface area contributed by atoms with E-state index in [0.29, 0.717) is 10.4 Å². The average molecular weight is 377 g/mol. The summed E-state index contributed by atoms with van der Waals surface area (Å²) in [5.74, 6) is -0.658. The van der Waals surface area contributed by atoms with Crippen LogP contribution < -0.4 is 5.32 Å². The molecule has 2 rings (SSSR count). The van der Waals surface area contributed by atoms with Gasteiger partial charge in [0.2, 0.25) is 5.91 Å². The Morgan fingerprint density at radius 2 is 2.17 bits per heavy atom. The molecule has 0 spiro atoms. The number of thiazole rings is 1. The van der Waals surface area contributed by atoms with Crippen molar-refractivity contribution in [3.05, 3.63) is 45.5 Å². The number of carbonyl (C=O) groups excluding carboxylic acids is 1. The van der Waals surface area contributed by atoms with Gasteiger partial charge in [0.25, 0.3) is 5.69 Å². The highest BCUT2D eigenvalue weighted by atomic mass is 32.2. The van der Waals surface area contributed by atoms with E-state index in [1.54, 1.807) is 11.6 Å². The van der Waals surface area contributed by atoms with Crippen LogP contribution in [0.25, 0.3) is 0 Å². The lowest BCUT2D eigenvalue weighted by molar-refractivity contribution is -0.385. The minimum atomic E-state index is -4.83. The first-order valence-corrected chi connectivity index (χ1v) is 8.17. The van der Waals surface area contributed by atoms with Crippen LogP contribution in [0, 0.1) is 10.1 Å². The van der Waals surface area contributed by atoms with E-state index < -0.39 is 39.2 Å². The highest BCUT2D eigenvalue weighted by Gasteiger charge is 2.36. The van der Waals surface area contributed by atoms with Gasteiger partial charge in [0, 0.05) is 23.7 Å². The van der Waals surface area contributed by atoms with E-state index in [2.05, 4.69) is 10.3 Å². The number of carbonyl (C=O) groups is 1. The quantitative estimate of drug-likeness (QED) is 0.480. The van der Waals surface area contributed by atoms with Gasteiger partial charge in [-0.15, -0.1) is 11.3 Å². The summed E-state index contributed by atoms with van der Waals surface area (Å²) in [5.41, 5.74) is -2.49. The number of alkyl halides is 3. The lowest BCUT2D eigenvalue weighted by atomic mass is 10.1. The Labute approximate surface area is 142 Å². The molecule has 1 aromatic carbocycles. The van der Waals surface area contributed by atoms with Gasteiger partial charge in [-0.1, -0.05) is 11.8 Å². The number of thioether (sulfide) groups is 1. The summed E-state index contributed by atoms with van der Waals surface area (Å²) in [6.07, 6.45) is -3.28. The van der Waals surface area contributed by atoms with Crippen molar-refractivity contribution in [3.8, 4) is 0 Å². The van der Waals surface area contributed by atoms with E-state index in [1.807, 2.05) is 0 Å². The van der Waals surface area contributed by atoms with E-state index in [4.69, 9.17) is 0 Å². The van der Waals surface area contributed by atoms with Crippen LogP contribution >= 0.6 is 23.1 Å². The van der Waals surface area contributed by atoms with Crippen LogP contribution in [0.2, 0.25) is 0 Å². The van der Waals surface area contributed by atoms with Crippen molar-refractivity contribution in [2.45, 2.75) is 22.7 Å². The maximum atomic E-state index is 13.1. The molecular weight excluding hydrogens is 367 g/mol. The van der Waals surface area contributed by atoms with Gasteiger partial charge in [-0.2, -0.15) is 13.2 Å². The van der Waals surface area contributed by atoms with Crippen LogP contribution in [-0.2, 0) is 11.0 Å². The molecule has 128 valence electrons. The number of benzene rings is 1. The van der Waals surface area contributed by atoms with Crippen molar-refractivity contribution in [2.75, 3.05) is 5.32 Å². The van der Waals surface area contributed by atoms with Gasteiger partial charge < -0.3 is 5.32 Å². The molecule has 0 unspecified atom stereocenters. The smallest absolute Gasteiger partial charge is 0.325 e. The summed E-state index contributed by atoms with van der Waals surface area (Å²) in [4.78, 5) is 25.8. The van der Waals surface area contributed by atoms with Crippen LogP contribution in [0.3, 0.4) is 0 Å². The Bertz CT molecular complexity index is 751. The summed E-state index contributed by atoms with van der Waals surface area (Å²) in [6.45, 7) is 1.53. The van der Waals surface area contributed by atoms with Crippen molar-refractivity contribution in [1.29, 1.82) is 0 Å². The van der Waals surface area contributed by atoms with E-state index in [9.17, 15) is 28.1 Å². The average Bonchev–Trinajstić information content (AvgIpc) is 2.99. The number of hydrogen-bond donors (Lipinski definition) is 1. The van der Waals surface area contributed by atoms with Crippen molar-refractivity contribution < 1.29 is 22.9 Å². The topological polar surface area (TPSA) is 85.1 Å². The number of nitrogens with zero attached hydrogens (tertiary/aromatic N) is 2. The molecule has 1 heterocycles. The Morgan fingerprint density at radius 1 is 1.46 bits per heavy atom. The highest BCUT2D eigenvalue weighted by Crippen LogP contribution is 2.37. The van der Waals surface area contributed by atoms with Crippen molar-refractivity contribution in [2.24, 2.45) is 0 Å². The lowest BCUT2D eigenvalue weighted by Crippen LogP contribution is -2.24. The van der Waals surface area contributed by atoms with Gasteiger partial charge in [0.15, 0.2) is 4.34 Å². The largest absolute Gasteiger partial charge is 0.418 e. The summed E-state index contributed by atoms with van der Waals surface area (Å²) in [6, 6.07) is 2.18. The molecule has 0 aliphatic heterocycles. The fourth-order valence-corrected chi connectivity index (χ4v) is 3.47. The summed E-state index contributed by atoms with van der Waals surface area (Å²) in [7, 11) is 0. The third kappa shape index (κ3) is 4.45. The summed E-state index contributed by atoms with van der Waals surface area (Å²) >= 11 is 2.41. The van der Waals surface area contributed by atoms with E-state index in [1.165, 1.54) is 18.3 Å². The molecule has 1 atom stereocenters. The van der Waals surface area contributed by atoms with Crippen LogP contribution in [0.5, 0.6) is 0 Å². The first-order chi connectivity index (χ1) is 11.2. The van der Waals surface area contributed by atoms with E-state index >= 15 is 0 Å². The van der Waals surface area contributed by atoms with Gasteiger partial charge in [0.1, 0.15) is 0 Å². The first-order valence-electron chi connectivity index (χ1n) is 6.41. The minimum absolute atomic E-state index is 0.397. The zero-order chi connectivity index (χ0) is 17.9. The number of non-ortho nitro benzene ring substituents is 1. The predicted molar refractivity (Wildman–Crippen MR) is 84.2 cm³/mol. The molecule has 2 aromatic rings. The molecule has 24 heavy (non-hydrogen) atoms. The van der Waals surface area contributed by atoms with Crippen LogP contribution in [0.15, 0.2) is 34.1 Å². The molecule has 0 fully saturated rings. The summed E-state index contributed by atoms with van der Waals surface area (Å²) in [5, 5.41) is 13.8. The van der Waals surface area contributed by atoms with Gasteiger partial charge in [0.05, 0.1) is 21.4 Å². The zero-order valence-electron chi connectivity index (χ0n) is 12.0. The van der Waals surface area contributed by atoms with Gasteiger partial charge in [-0.05, 0) is 13.0 Å². The Kier molecular flexibility index (Phi) is 5.44. The monoisotopic (exact) mass is 377 g/mol. The lowest BCUT2D eigenvalue weighted by Gasteiger charge is -2.15. The van der Waals surface area contributed by atoms with Crippen molar-refractivity contribution in [3.63, 3.8) is 0 Å². The first kappa shape index (κ1) is 18.2. The Morgan fingerprint density at radius 3 is 2.71 bits per heavy atom. The standard InChI is InChI=1S/C13H10F3N3O3S2/c1-7(24-12-17-4-5-23-12)11(20)18-10-3-2-8(19(21)22)6-9(10)13(14,15)16/h2-7H,1H3,(H,18,20)/t7-/m1/s1. The molecule has 0 saturated heterocycles. The molecule has 0 aliphatic rings. The molecule has 1 N–H and O–H groups in total. The van der Waals surface area contributed by atoms with E-state index in [0.717, 1.165) is 23.9 Å². The fraction of sp³-hybridized carbons (Fsp3) is 0.231. The zero-order valence-corrected chi connectivity index (χ0v) is 13.7. The molecule has 1 aromatic heterocycles. The maximum Gasteiger partial charge on any atom is 0.418 e. The number of nitro benzene ring substituents is 1. The SMILES string of the molecule is C[C@@H](Sc1nccs1)C(=O)Nc1ccc([N+](=O)[O-])cc1C(F)(F)F. The Balaban J connectivity index is 2.21. The van der Waals surface area contributed by atoms with Gasteiger partial charge in [-0.25, -0.2) is 4.98 Å². The minimum Gasteiger partial charge on any atom is -0.325 e. The second-order valence-electron chi connectivity index (χ2n) is 4.53. The number of anilines is 1. The third-order valence-electron chi connectivity index (χ3n) is 2.83. The number of aromatic nitrogens is 1. The molecule has 1 amide bonds. The molecule has 0 saturated carbocycles. The predicted octanol–water partition coefficient (Wildman–Crippen LogP) is 4.19. The van der Waals surface area contributed by atoms with E-state index in [-0.39, 0.29) is 0 Å². The second-order valence-corrected chi connectivity index (χ2v) is 7.01. The molecule has 6 nitrogen and oxygen atoms in total. The number of rotatable bonds is 5. The molecule has 0 aliphatic carbocycles. The number of amides is 1. The van der Waals surface area contributed by atoms with Gasteiger partial charge >= 0.3 is 6.18 Å². The normalized spacial score (nSPS) is 12.7. The highest BCUT2D eigenvalue weighted by molar-refractivity contribution is 8.02. The maximum absolute atomic E-state index is 13.1. The molecule has 0 radical (unpaired) electrons. The van der Waals surface area contributed by atoms with Crippen LogP contribution in [-0.4, -0.2) is 21.1 Å². The molecular formula is C13H10F3N3O3S2. The Hall–Kier alpha value is -2.14. The number of halogens is 3. The molecule has 0 bridgehead atoms. The number of nitro groups is 1.